The first kappa shape index (κ1) is 15.9. The van der Waals surface area contributed by atoms with Crippen LogP contribution in [0.4, 0.5) is 0 Å². The molecule has 2 rings (SSSR count). The van der Waals surface area contributed by atoms with Crippen LogP contribution in [0.3, 0.4) is 0 Å². The highest BCUT2D eigenvalue weighted by molar-refractivity contribution is 7.99. The van der Waals surface area contributed by atoms with Crippen LogP contribution in [0.1, 0.15) is 60.9 Å². The van der Waals surface area contributed by atoms with E-state index < -0.39 is 0 Å². The molecule has 0 amide bonds. The van der Waals surface area contributed by atoms with E-state index in [1.807, 2.05) is 0 Å². The molecule has 0 heterocycles. The van der Waals surface area contributed by atoms with Crippen molar-refractivity contribution in [2.24, 2.45) is 0 Å². The van der Waals surface area contributed by atoms with Gasteiger partial charge < -0.3 is 5.32 Å². The van der Waals surface area contributed by atoms with Crippen LogP contribution in [-0.2, 0) is 0 Å². The van der Waals surface area contributed by atoms with Gasteiger partial charge in [-0.25, -0.2) is 0 Å². The van der Waals surface area contributed by atoms with Crippen LogP contribution in [0.5, 0.6) is 0 Å². The van der Waals surface area contributed by atoms with Crippen molar-refractivity contribution in [1.29, 1.82) is 0 Å². The maximum Gasteiger partial charge on any atom is 0.0414 e. The Morgan fingerprint density at radius 2 is 1.75 bits per heavy atom. The monoisotopic (exact) mass is 291 g/mol. The lowest BCUT2D eigenvalue weighted by atomic mass is 9.96. The zero-order valence-corrected chi connectivity index (χ0v) is 14.3. The number of benzene rings is 1. The van der Waals surface area contributed by atoms with Crippen molar-refractivity contribution in [3.8, 4) is 0 Å². The van der Waals surface area contributed by atoms with Gasteiger partial charge in [0.05, 0.1) is 0 Å². The summed E-state index contributed by atoms with van der Waals surface area (Å²) in [5, 5.41) is 4.60. The van der Waals surface area contributed by atoms with Crippen LogP contribution in [-0.4, -0.2) is 17.5 Å². The van der Waals surface area contributed by atoms with E-state index in [0.29, 0.717) is 6.04 Å². The van der Waals surface area contributed by atoms with E-state index in [1.54, 1.807) is 0 Å². The van der Waals surface area contributed by atoms with Crippen molar-refractivity contribution < 1.29 is 0 Å². The lowest BCUT2D eigenvalue weighted by Crippen LogP contribution is -2.24. The van der Waals surface area contributed by atoms with Crippen LogP contribution < -0.4 is 5.32 Å². The highest BCUT2D eigenvalue weighted by atomic mass is 32.2. The van der Waals surface area contributed by atoms with Crippen molar-refractivity contribution >= 4 is 11.8 Å². The second-order valence-electron chi connectivity index (χ2n) is 6.14. The Labute approximate surface area is 128 Å². The van der Waals surface area contributed by atoms with Gasteiger partial charge in [0, 0.05) is 17.0 Å². The van der Waals surface area contributed by atoms with Crippen molar-refractivity contribution in [2.75, 3.05) is 12.3 Å². The molecule has 0 bridgehead atoms. The zero-order chi connectivity index (χ0) is 14.5. The first-order valence-corrected chi connectivity index (χ1v) is 9.09. The van der Waals surface area contributed by atoms with Crippen LogP contribution in [0.2, 0.25) is 0 Å². The summed E-state index contributed by atoms with van der Waals surface area (Å²) in [4.78, 5) is 0. The predicted molar refractivity (Wildman–Crippen MR) is 91.8 cm³/mol. The quantitative estimate of drug-likeness (QED) is 0.797. The molecule has 0 spiro atoms. The van der Waals surface area contributed by atoms with Crippen molar-refractivity contribution in [1.82, 2.24) is 5.32 Å². The summed E-state index contributed by atoms with van der Waals surface area (Å²) >= 11 is 2.18. The third-order valence-corrected chi connectivity index (χ3v) is 5.98. The molecular weight excluding hydrogens is 262 g/mol. The zero-order valence-electron chi connectivity index (χ0n) is 13.5. The van der Waals surface area contributed by atoms with Crippen LogP contribution in [0, 0.1) is 20.8 Å². The minimum Gasteiger partial charge on any atom is -0.310 e. The fourth-order valence-corrected chi connectivity index (χ4v) is 4.58. The topological polar surface area (TPSA) is 12.0 Å². The van der Waals surface area contributed by atoms with E-state index in [1.165, 1.54) is 53.7 Å². The molecule has 1 aromatic carbocycles. The number of hydrogen-bond donors (Lipinski definition) is 1. The molecule has 112 valence electrons. The van der Waals surface area contributed by atoms with Gasteiger partial charge in [-0.2, -0.15) is 11.8 Å². The summed E-state index contributed by atoms with van der Waals surface area (Å²) in [6.45, 7) is 9.95. The Bertz CT molecular complexity index is 435. The van der Waals surface area contributed by atoms with E-state index in [2.05, 4.69) is 56.9 Å². The number of hydrogen-bond acceptors (Lipinski definition) is 2. The van der Waals surface area contributed by atoms with Gasteiger partial charge in [-0.05, 0) is 62.4 Å². The molecule has 0 aromatic heterocycles. The smallest absolute Gasteiger partial charge is 0.0414 e. The number of aryl methyl sites for hydroxylation is 3. The number of nitrogens with one attached hydrogen (secondary N) is 1. The molecule has 1 N–H and O–H groups in total. The Balaban J connectivity index is 2.08. The minimum absolute atomic E-state index is 0.505. The van der Waals surface area contributed by atoms with Gasteiger partial charge in [-0.15, -0.1) is 0 Å². The molecule has 2 heteroatoms. The molecule has 0 saturated heterocycles. The number of rotatable bonds is 6. The van der Waals surface area contributed by atoms with E-state index >= 15 is 0 Å². The Kier molecular flexibility index (Phi) is 5.98. The minimum atomic E-state index is 0.505. The first-order valence-electron chi connectivity index (χ1n) is 8.04. The van der Waals surface area contributed by atoms with E-state index in [-0.39, 0.29) is 0 Å². The third-order valence-electron chi connectivity index (χ3n) is 4.51. The predicted octanol–water partition coefficient (Wildman–Crippen LogP) is 4.94. The van der Waals surface area contributed by atoms with Gasteiger partial charge >= 0.3 is 0 Å². The molecule has 1 aliphatic rings. The van der Waals surface area contributed by atoms with Crippen LogP contribution in [0.25, 0.3) is 0 Å². The second kappa shape index (κ2) is 7.51. The van der Waals surface area contributed by atoms with Crippen molar-refractivity contribution in [3.63, 3.8) is 0 Å². The van der Waals surface area contributed by atoms with Crippen molar-refractivity contribution in [3.05, 3.63) is 34.4 Å². The molecule has 1 aromatic rings. The average Bonchev–Trinajstić information content (AvgIpc) is 2.92. The largest absolute Gasteiger partial charge is 0.310 e. The first-order chi connectivity index (χ1) is 9.61. The lowest BCUT2D eigenvalue weighted by molar-refractivity contribution is 0.601. The van der Waals surface area contributed by atoms with Crippen molar-refractivity contribution in [2.45, 2.75) is 64.7 Å². The number of thioether (sulfide) groups is 1. The molecule has 20 heavy (non-hydrogen) atoms. The maximum atomic E-state index is 3.69. The Hall–Kier alpha value is -0.470. The molecule has 1 fully saturated rings. The molecule has 0 radical (unpaired) electrons. The maximum absolute atomic E-state index is 3.69. The fraction of sp³-hybridized carbons (Fsp3) is 0.667. The summed E-state index contributed by atoms with van der Waals surface area (Å²) in [6, 6.07) is 5.24. The van der Waals surface area contributed by atoms with Gasteiger partial charge in [0.2, 0.25) is 0 Å². The average molecular weight is 292 g/mol. The van der Waals surface area contributed by atoms with E-state index in [9.17, 15) is 0 Å². The summed E-state index contributed by atoms with van der Waals surface area (Å²) in [6.07, 6.45) is 5.73. The highest BCUT2D eigenvalue weighted by Crippen LogP contribution is 2.33. The standard InChI is InChI=1S/C18H29NS/c1-5-19-18(12-20-16-8-6-7-9-16)17-11-14(3)13(2)10-15(17)4/h10-11,16,18-19H,5-9,12H2,1-4H3. The third kappa shape index (κ3) is 4.02. The van der Waals surface area contributed by atoms with Crippen LogP contribution in [0.15, 0.2) is 12.1 Å². The molecule has 0 aliphatic heterocycles. The van der Waals surface area contributed by atoms with E-state index in [4.69, 9.17) is 0 Å². The highest BCUT2D eigenvalue weighted by Gasteiger charge is 2.19. The fourth-order valence-electron chi connectivity index (χ4n) is 3.15. The Morgan fingerprint density at radius 3 is 2.40 bits per heavy atom. The second-order valence-corrected chi connectivity index (χ2v) is 7.48. The van der Waals surface area contributed by atoms with Gasteiger partial charge in [-0.1, -0.05) is 31.9 Å². The Morgan fingerprint density at radius 1 is 1.10 bits per heavy atom. The van der Waals surface area contributed by atoms with Gasteiger partial charge in [-0.3, -0.25) is 0 Å². The lowest BCUT2D eigenvalue weighted by Gasteiger charge is -2.23. The summed E-state index contributed by atoms with van der Waals surface area (Å²) in [5.41, 5.74) is 5.76. The van der Waals surface area contributed by atoms with Gasteiger partial charge in [0.15, 0.2) is 0 Å². The van der Waals surface area contributed by atoms with Crippen LogP contribution >= 0.6 is 11.8 Å². The molecular formula is C18H29NS. The van der Waals surface area contributed by atoms with E-state index in [0.717, 1.165) is 11.8 Å². The summed E-state index contributed by atoms with van der Waals surface area (Å²) in [7, 11) is 0. The normalized spacial score (nSPS) is 17.6. The van der Waals surface area contributed by atoms with Gasteiger partial charge in [0.25, 0.3) is 0 Å². The molecule has 1 nitrogen and oxygen atoms in total. The summed E-state index contributed by atoms with van der Waals surface area (Å²) < 4.78 is 0. The SMILES string of the molecule is CCNC(CSC1CCCC1)c1cc(C)c(C)cc1C. The molecule has 1 saturated carbocycles. The summed E-state index contributed by atoms with van der Waals surface area (Å²) in [5.74, 6) is 1.21. The molecule has 1 unspecified atom stereocenters. The molecule has 1 atom stereocenters. The van der Waals surface area contributed by atoms with Gasteiger partial charge in [0.1, 0.15) is 0 Å². The molecule has 1 aliphatic carbocycles.